The molecule has 152 valence electrons. The zero-order chi connectivity index (χ0) is 21.7. The zero-order valence-electron chi connectivity index (χ0n) is 15.5. The maximum atomic E-state index is 12.5. The first-order chi connectivity index (χ1) is 13.7. The maximum Gasteiger partial charge on any atom is 0.271 e. The van der Waals surface area contributed by atoms with Gasteiger partial charge >= 0.3 is 0 Å². The van der Waals surface area contributed by atoms with Crippen molar-refractivity contribution in [1.82, 2.24) is 4.57 Å². The van der Waals surface area contributed by atoms with Gasteiger partial charge in [0.1, 0.15) is 11.6 Å². The molecule has 0 atom stereocenters. The lowest BCUT2D eigenvalue weighted by Gasteiger charge is -2.14. The lowest BCUT2D eigenvalue weighted by Crippen LogP contribution is -2.26. The fourth-order valence-electron chi connectivity index (χ4n) is 2.61. The third kappa shape index (κ3) is 4.90. The van der Waals surface area contributed by atoms with Crippen molar-refractivity contribution >= 4 is 49.4 Å². The van der Waals surface area contributed by atoms with Gasteiger partial charge in [-0.2, -0.15) is 5.26 Å². The van der Waals surface area contributed by atoms with Crippen LogP contribution in [0.4, 0.5) is 11.4 Å². The molecule has 2 aromatic rings. The molecule has 1 aromatic carbocycles. The van der Waals surface area contributed by atoms with Crippen molar-refractivity contribution in [2.24, 2.45) is 4.99 Å². The fraction of sp³-hybridized carbons (Fsp3) is 0.278. The number of aliphatic imine (C=N–C) groups is 1. The Hall–Kier alpha value is -2.55. The molecule has 2 rings (SSSR count). The van der Waals surface area contributed by atoms with E-state index >= 15 is 0 Å². The second kappa shape index (κ2) is 9.78. The number of nitro groups is 1. The number of hydrogen-bond acceptors (Lipinski definition) is 7. The maximum absolute atomic E-state index is 12.5. The highest BCUT2D eigenvalue weighted by molar-refractivity contribution is 9.11. The predicted molar refractivity (Wildman–Crippen MR) is 114 cm³/mol. The van der Waals surface area contributed by atoms with Gasteiger partial charge < -0.3 is 9.84 Å². The van der Waals surface area contributed by atoms with E-state index in [0.29, 0.717) is 27.7 Å². The van der Waals surface area contributed by atoms with Crippen LogP contribution in [-0.4, -0.2) is 34.5 Å². The molecule has 0 aliphatic carbocycles. The number of aromatic nitrogens is 1. The number of nitrogens with zero attached hydrogens (tertiary/aromatic N) is 4. The number of pyridine rings is 1. The SMILES string of the molecule is COCCCn1c(O)c(C=Nc2c(Br)cc([N+](=O)[O-])cc2Br)c(C)c(C#N)c1=O. The summed E-state index contributed by atoms with van der Waals surface area (Å²) in [5, 5.41) is 30.9. The molecule has 9 nitrogen and oxygen atoms in total. The molecule has 0 aliphatic heterocycles. The minimum Gasteiger partial charge on any atom is -0.494 e. The number of methoxy groups -OCH3 is 1. The summed E-state index contributed by atoms with van der Waals surface area (Å²) in [4.78, 5) is 27.2. The lowest BCUT2D eigenvalue weighted by atomic mass is 10.1. The first-order valence-corrected chi connectivity index (χ1v) is 9.84. The molecule has 0 fully saturated rings. The smallest absolute Gasteiger partial charge is 0.271 e. The summed E-state index contributed by atoms with van der Waals surface area (Å²) in [6.45, 7) is 2.09. The van der Waals surface area contributed by atoms with Crippen molar-refractivity contribution in [3.63, 3.8) is 0 Å². The lowest BCUT2D eigenvalue weighted by molar-refractivity contribution is -0.385. The quantitative estimate of drug-likeness (QED) is 0.251. The molecule has 0 unspecified atom stereocenters. The molecule has 1 aromatic heterocycles. The Balaban J connectivity index is 2.58. The third-order valence-corrected chi connectivity index (χ3v) is 5.32. The topological polar surface area (TPSA) is 131 Å². The normalized spacial score (nSPS) is 11.0. The number of nitriles is 1. The number of non-ortho nitro benzene ring substituents is 1. The van der Waals surface area contributed by atoms with E-state index < -0.39 is 10.5 Å². The number of halogens is 2. The van der Waals surface area contributed by atoms with E-state index in [4.69, 9.17) is 4.74 Å². The zero-order valence-corrected chi connectivity index (χ0v) is 18.7. The van der Waals surface area contributed by atoms with Crippen LogP contribution in [0.3, 0.4) is 0 Å². The molecular weight excluding hydrogens is 512 g/mol. The standard InChI is InChI=1S/C18H16Br2N4O5/c1-10-12(8-21)17(25)23(4-3-5-29-2)18(26)13(10)9-22-16-14(19)6-11(24(27)28)7-15(16)20/h6-7,9,26H,3-5H2,1-2H3. The fourth-order valence-corrected chi connectivity index (χ4v) is 3.98. The summed E-state index contributed by atoms with van der Waals surface area (Å²) in [6.07, 6.45) is 1.78. The van der Waals surface area contributed by atoms with Crippen LogP contribution >= 0.6 is 31.9 Å². The second-order valence-corrected chi connectivity index (χ2v) is 7.63. The molecular formula is C18H16Br2N4O5. The van der Waals surface area contributed by atoms with Crippen molar-refractivity contribution in [2.75, 3.05) is 13.7 Å². The Kier molecular flexibility index (Phi) is 7.66. The molecule has 29 heavy (non-hydrogen) atoms. The van der Waals surface area contributed by atoms with Crippen LogP contribution in [0.2, 0.25) is 0 Å². The first kappa shape index (κ1) is 22.7. The molecule has 11 heteroatoms. The van der Waals surface area contributed by atoms with Crippen molar-refractivity contribution < 1.29 is 14.8 Å². The molecule has 0 saturated heterocycles. The highest BCUT2D eigenvalue weighted by atomic mass is 79.9. The second-order valence-electron chi connectivity index (χ2n) is 5.93. The van der Waals surface area contributed by atoms with Gasteiger partial charge in [-0.25, -0.2) is 0 Å². The first-order valence-electron chi connectivity index (χ1n) is 8.25. The van der Waals surface area contributed by atoms with Crippen LogP contribution in [0.25, 0.3) is 0 Å². The number of aromatic hydroxyl groups is 1. The number of nitro benzene ring substituents is 1. The van der Waals surface area contributed by atoms with E-state index in [2.05, 4.69) is 36.9 Å². The van der Waals surface area contributed by atoms with Gasteiger partial charge in [0, 0.05) is 38.6 Å². The van der Waals surface area contributed by atoms with Crippen LogP contribution in [0.15, 0.2) is 30.9 Å². The van der Waals surface area contributed by atoms with Gasteiger partial charge in [-0.05, 0) is 50.8 Å². The summed E-state index contributed by atoms with van der Waals surface area (Å²) in [5.74, 6) is -0.319. The van der Waals surface area contributed by atoms with Crippen LogP contribution in [0, 0.1) is 28.4 Å². The van der Waals surface area contributed by atoms with Gasteiger partial charge in [0.15, 0.2) is 0 Å². The van der Waals surface area contributed by atoms with Gasteiger partial charge in [0.25, 0.3) is 11.2 Å². The minimum absolute atomic E-state index is 0.0940. The highest BCUT2D eigenvalue weighted by Crippen LogP contribution is 2.37. The Morgan fingerprint density at radius 2 is 2.03 bits per heavy atom. The average molecular weight is 528 g/mol. The molecule has 1 N–H and O–H groups in total. The van der Waals surface area contributed by atoms with Crippen LogP contribution in [0.1, 0.15) is 23.1 Å². The number of hydrogen-bond donors (Lipinski definition) is 1. The Morgan fingerprint density at radius 1 is 1.41 bits per heavy atom. The monoisotopic (exact) mass is 526 g/mol. The molecule has 0 spiro atoms. The van der Waals surface area contributed by atoms with Crippen molar-refractivity contribution in [1.29, 1.82) is 5.26 Å². The van der Waals surface area contributed by atoms with E-state index in [-0.39, 0.29) is 34.8 Å². The number of benzene rings is 1. The van der Waals surface area contributed by atoms with Crippen LogP contribution < -0.4 is 5.56 Å². The average Bonchev–Trinajstić information content (AvgIpc) is 2.66. The van der Waals surface area contributed by atoms with Gasteiger partial charge in [-0.1, -0.05) is 0 Å². The van der Waals surface area contributed by atoms with Crippen molar-refractivity contribution in [3.8, 4) is 11.9 Å². The molecule has 0 saturated carbocycles. The molecule has 0 bridgehead atoms. The Bertz CT molecular complexity index is 1070. The van der Waals surface area contributed by atoms with E-state index in [1.165, 1.54) is 25.5 Å². The van der Waals surface area contributed by atoms with Crippen molar-refractivity contribution in [3.05, 3.63) is 58.2 Å². The van der Waals surface area contributed by atoms with E-state index in [1.54, 1.807) is 6.92 Å². The Labute approximate surface area is 182 Å². The minimum atomic E-state index is -0.589. The van der Waals surface area contributed by atoms with Gasteiger partial charge in [-0.3, -0.25) is 24.5 Å². The molecule has 0 amide bonds. The molecule has 0 radical (unpaired) electrons. The third-order valence-electron chi connectivity index (χ3n) is 4.11. The highest BCUT2D eigenvalue weighted by Gasteiger charge is 2.19. The predicted octanol–water partition coefficient (Wildman–Crippen LogP) is 3.95. The van der Waals surface area contributed by atoms with Crippen LogP contribution in [-0.2, 0) is 11.3 Å². The van der Waals surface area contributed by atoms with Crippen molar-refractivity contribution in [2.45, 2.75) is 19.9 Å². The summed E-state index contributed by atoms with van der Waals surface area (Å²) < 4.78 is 6.79. The van der Waals surface area contributed by atoms with Crippen LogP contribution in [0.5, 0.6) is 5.88 Å². The largest absolute Gasteiger partial charge is 0.494 e. The summed E-state index contributed by atoms with van der Waals surface area (Å²) in [6, 6.07) is 4.48. The van der Waals surface area contributed by atoms with Gasteiger partial charge in [-0.15, -0.1) is 0 Å². The van der Waals surface area contributed by atoms with E-state index in [1.807, 2.05) is 6.07 Å². The Morgan fingerprint density at radius 3 is 2.55 bits per heavy atom. The number of ether oxygens (including phenoxy) is 1. The number of rotatable bonds is 7. The van der Waals surface area contributed by atoms with Gasteiger partial charge in [0.05, 0.1) is 25.1 Å². The summed E-state index contributed by atoms with van der Waals surface area (Å²) >= 11 is 6.48. The molecule has 1 heterocycles. The molecule has 0 aliphatic rings. The summed E-state index contributed by atoms with van der Waals surface area (Å²) in [5.41, 5.74) is 0.0359. The van der Waals surface area contributed by atoms with E-state index in [0.717, 1.165) is 4.57 Å². The van der Waals surface area contributed by atoms with E-state index in [9.17, 15) is 25.3 Å². The summed E-state index contributed by atoms with van der Waals surface area (Å²) in [7, 11) is 1.52. The van der Waals surface area contributed by atoms with Gasteiger partial charge in [0.2, 0.25) is 5.88 Å².